The molecule has 12 atom stereocenters. The molecule has 75 heavy (non-hydrogen) atoms. The molecule has 3 saturated heterocycles. The van der Waals surface area contributed by atoms with Gasteiger partial charge in [-0.05, 0) is 113 Å². The van der Waals surface area contributed by atoms with Crippen LogP contribution in [0.15, 0.2) is 12.1 Å². The van der Waals surface area contributed by atoms with Gasteiger partial charge in [-0.2, -0.15) is 0 Å². The summed E-state index contributed by atoms with van der Waals surface area (Å²) in [5.41, 5.74) is 6.45. The van der Waals surface area contributed by atoms with E-state index >= 15 is 0 Å². The lowest BCUT2D eigenvalue weighted by Crippen LogP contribution is -2.68. The Morgan fingerprint density at radius 1 is 0.333 bits per heavy atom. The van der Waals surface area contributed by atoms with Crippen molar-refractivity contribution in [2.45, 2.75) is 415 Å². The molecule has 0 spiro atoms. The second kappa shape index (κ2) is 81.5. The van der Waals surface area contributed by atoms with Gasteiger partial charge in [0, 0.05) is 53.3 Å². The molecule has 3 fully saturated rings. The summed E-state index contributed by atoms with van der Waals surface area (Å²) in [5.74, 6) is 4.44. The standard InChI is InChI=1S/C33H54BN3.2C3H8.12C2H6.8CH4/c1-18-11-13-29-22(5)34-23(6)30-14-12-19(2)25(8)37(30)32-17-28(16-31(33(32)34)36(29)24(18)7)35-26(9)20(3)15-21(4)27(35)10;2*1-3-2;12*1-2;;;;;;;;/h16-27,29-30H,11-15H2,1-10H3;2*3H2,1-2H3;12*1-2H3;8*1H4/t18-,19+,20-,21+,22+,23-,24-,25+,26-,27+,29-,30+;;;;;;;;;;;;;;;;;;;;;;. The average Bonchev–Trinajstić information content (AvgIpc) is 3.40. The number of nitrogens with zero attached hydrogens (tertiary/aromatic N) is 3. The highest BCUT2D eigenvalue weighted by Crippen LogP contribution is 2.53. The van der Waals surface area contributed by atoms with Crippen LogP contribution in [0.25, 0.3) is 0 Å². The predicted octanol–water partition coefficient (Wildman–Crippen LogP) is 27.7. The number of benzene rings is 1. The minimum Gasteiger partial charge on any atom is -0.366 e. The maximum atomic E-state index is 2.94. The molecule has 1 aromatic rings. The van der Waals surface area contributed by atoms with Gasteiger partial charge in [0.25, 0.3) is 0 Å². The van der Waals surface area contributed by atoms with E-state index < -0.39 is 0 Å². The zero-order chi connectivity index (χ0) is 55.9. The fraction of sp³-hybridized carbons (Fsp3) is 0.915. The summed E-state index contributed by atoms with van der Waals surface area (Å²) in [7, 11) is 0. The van der Waals surface area contributed by atoms with Crippen molar-refractivity contribution in [1.29, 1.82) is 0 Å². The summed E-state index contributed by atoms with van der Waals surface area (Å²) in [4.78, 5) is 8.71. The van der Waals surface area contributed by atoms with Crippen LogP contribution in [0, 0.1) is 23.7 Å². The summed E-state index contributed by atoms with van der Waals surface area (Å²) in [5, 5.41) is 0. The Labute approximate surface area is 492 Å². The smallest absolute Gasteiger partial charge is 0.191 e. The van der Waals surface area contributed by atoms with Crippen LogP contribution in [-0.2, 0) is 0 Å². The van der Waals surface area contributed by atoms with Crippen LogP contribution in [0.5, 0.6) is 0 Å². The third-order valence-electron chi connectivity index (χ3n) is 13.0. The highest BCUT2D eigenvalue weighted by Gasteiger charge is 2.54. The number of hydrogen-bond donors (Lipinski definition) is 0. The molecule has 0 amide bonds. The van der Waals surface area contributed by atoms with Gasteiger partial charge in [0.05, 0.1) is 0 Å². The summed E-state index contributed by atoms with van der Waals surface area (Å²) < 4.78 is 0. The third-order valence-corrected chi connectivity index (χ3v) is 13.0. The van der Waals surface area contributed by atoms with Gasteiger partial charge in [-0.15, -0.1) is 0 Å². The summed E-state index contributed by atoms with van der Waals surface area (Å²) in [6.45, 7) is 82.4. The molecule has 0 bridgehead atoms. The number of rotatable bonds is 1. The van der Waals surface area contributed by atoms with E-state index in [9.17, 15) is 0 Å². The first-order valence-corrected chi connectivity index (χ1v) is 30.9. The third kappa shape index (κ3) is 35.8. The highest BCUT2D eigenvalue weighted by atomic mass is 15.3. The fourth-order valence-corrected chi connectivity index (χ4v) is 9.99. The van der Waals surface area contributed by atoms with Crippen LogP contribution in [-0.4, -0.2) is 43.0 Å². The molecular formula is C71H174BN3. The average molecular weight is 1080 g/mol. The second-order valence-corrected chi connectivity index (χ2v) is 16.2. The molecule has 5 aliphatic heterocycles. The molecule has 5 heterocycles. The lowest BCUT2D eigenvalue weighted by Gasteiger charge is -2.60. The quantitative estimate of drug-likeness (QED) is 0.260. The summed E-state index contributed by atoms with van der Waals surface area (Å²) >= 11 is 0. The molecule has 1 aromatic carbocycles. The van der Waals surface area contributed by atoms with Gasteiger partial charge in [-0.1, -0.05) is 308 Å². The van der Waals surface area contributed by atoms with E-state index in [1.807, 2.05) is 166 Å². The monoisotopic (exact) mass is 1080 g/mol. The highest BCUT2D eigenvalue weighted by molar-refractivity contribution is 6.80. The normalized spacial score (nSPS) is 23.8. The first-order chi connectivity index (χ1) is 32.4. The number of piperidine rings is 3. The zero-order valence-corrected chi connectivity index (χ0v) is 55.0. The van der Waals surface area contributed by atoms with E-state index in [4.69, 9.17) is 0 Å². The Hall–Kier alpha value is -1.32. The van der Waals surface area contributed by atoms with E-state index in [2.05, 4.69) is 124 Å². The lowest BCUT2D eigenvalue weighted by molar-refractivity contribution is 0.246. The minimum atomic E-state index is 0. The van der Waals surface area contributed by atoms with E-state index in [1.165, 1.54) is 50.6 Å². The van der Waals surface area contributed by atoms with Crippen LogP contribution in [0.1, 0.15) is 367 Å². The van der Waals surface area contributed by atoms with Gasteiger partial charge < -0.3 is 14.7 Å². The molecule has 0 aromatic heterocycles. The Morgan fingerprint density at radius 2 is 0.533 bits per heavy atom. The molecule has 0 N–H and O–H groups in total. The molecule has 0 saturated carbocycles. The first-order valence-electron chi connectivity index (χ1n) is 30.9. The van der Waals surface area contributed by atoms with E-state index in [0.29, 0.717) is 43.0 Å². The summed E-state index contributed by atoms with van der Waals surface area (Å²) in [6, 6.07) is 9.13. The van der Waals surface area contributed by atoms with Crippen LogP contribution in [0.3, 0.4) is 0 Å². The van der Waals surface area contributed by atoms with Crippen molar-refractivity contribution in [1.82, 2.24) is 0 Å². The predicted molar refractivity (Wildman–Crippen MR) is 385 cm³/mol. The maximum absolute atomic E-state index is 2.94. The van der Waals surface area contributed by atoms with Crippen molar-refractivity contribution in [3.8, 4) is 0 Å². The van der Waals surface area contributed by atoms with Crippen molar-refractivity contribution in [3.05, 3.63) is 12.1 Å². The molecule has 4 heteroatoms. The van der Waals surface area contributed by atoms with Crippen molar-refractivity contribution in [3.63, 3.8) is 0 Å². The van der Waals surface area contributed by atoms with Crippen molar-refractivity contribution in [2.24, 2.45) is 23.7 Å². The summed E-state index contributed by atoms with van der Waals surface area (Å²) in [6.07, 6.45) is 9.34. The van der Waals surface area contributed by atoms with Crippen molar-refractivity contribution < 1.29 is 0 Å². The number of hydrogen-bond acceptors (Lipinski definition) is 3. The van der Waals surface area contributed by atoms with E-state index in [1.54, 1.807) is 16.8 Å². The molecule has 5 aliphatic rings. The van der Waals surface area contributed by atoms with Crippen molar-refractivity contribution in [2.75, 3.05) is 14.7 Å². The Morgan fingerprint density at radius 3 is 0.747 bits per heavy atom. The topological polar surface area (TPSA) is 9.72 Å². The largest absolute Gasteiger partial charge is 0.366 e. The lowest BCUT2D eigenvalue weighted by atomic mass is 9.25. The fourth-order valence-electron chi connectivity index (χ4n) is 9.99. The second-order valence-electron chi connectivity index (χ2n) is 16.2. The van der Waals surface area contributed by atoms with Gasteiger partial charge in [-0.25, -0.2) is 0 Å². The molecule has 0 radical (unpaired) electrons. The van der Waals surface area contributed by atoms with E-state index in [0.717, 1.165) is 35.3 Å². The molecule has 0 unspecified atom stereocenters. The Kier molecular flexibility index (Phi) is 132. The van der Waals surface area contributed by atoms with Gasteiger partial charge >= 0.3 is 0 Å². The van der Waals surface area contributed by atoms with Crippen LogP contribution in [0.2, 0.25) is 11.6 Å². The van der Waals surface area contributed by atoms with Gasteiger partial charge in [0.15, 0.2) is 6.71 Å². The number of anilines is 3. The Balaban J connectivity index is -0.0000000512. The van der Waals surface area contributed by atoms with Gasteiger partial charge in [0.1, 0.15) is 0 Å². The van der Waals surface area contributed by atoms with Crippen LogP contribution < -0.4 is 20.2 Å². The van der Waals surface area contributed by atoms with Crippen LogP contribution >= 0.6 is 0 Å². The molecule has 0 aliphatic carbocycles. The van der Waals surface area contributed by atoms with E-state index in [-0.39, 0.29) is 59.4 Å². The molecule has 3 nitrogen and oxygen atoms in total. The molecule has 476 valence electrons. The maximum Gasteiger partial charge on any atom is 0.191 e. The van der Waals surface area contributed by atoms with Crippen LogP contribution in [0.4, 0.5) is 17.1 Å². The zero-order valence-electron chi connectivity index (χ0n) is 55.0. The van der Waals surface area contributed by atoms with Crippen molar-refractivity contribution >= 4 is 29.2 Å². The SMILES string of the molecule is C.C.C.C.C.C.C.C.CC.CC.CC.CC.CC.CC.CC.CC.CC.CC.CC.CC.CCC.CCC.C[C@@H]1CC[C@@H]2[C@H](C)B3c4c(cc(N5[C@H](C)[C@H](C)C[C@H](C)[C@@H]5C)cc4N4[C@@H](C)[C@@H](C)CC[C@H]4[C@H]3C)N2[C@@H]1C. The Bertz CT molecular complexity index is 985. The first kappa shape index (κ1) is 121. The molecule has 6 rings (SSSR count). The van der Waals surface area contributed by atoms with Gasteiger partial charge in [-0.3, -0.25) is 0 Å². The number of fused-ring (bicyclic) bond motifs is 4. The van der Waals surface area contributed by atoms with Gasteiger partial charge in [0.2, 0.25) is 0 Å². The minimum absolute atomic E-state index is 0. The molecular weight excluding hydrogens is 906 g/mol.